The molecule has 0 radical (unpaired) electrons. The third-order valence-corrected chi connectivity index (χ3v) is 4.15. The summed E-state index contributed by atoms with van der Waals surface area (Å²) in [6.07, 6.45) is 2.40. The normalized spacial score (nSPS) is 11.8. The van der Waals surface area contributed by atoms with E-state index in [1.54, 1.807) is 17.9 Å². The van der Waals surface area contributed by atoms with Gasteiger partial charge in [-0.2, -0.15) is 5.10 Å². The molecule has 0 fully saturated rings. The number of anilines is 1. The molecular weight excluding hydrogens is 326 g/mol. The lowest BCUT2D eigenvalue weighted by atomic mass is 10.0. The molecule has 2 amide bonds. The number of nitrogens with zero attached hydrogens (tertiary/aromatic N) is 3. The first-order chi connectivity index (χ1) is 12.5. The van der Waals surface area contributed by atoms with Gasteiger partial charge in [-0.25, -0.2) is 4.79 Å². The number of aryl methyl sites for hydroxylation is 3. The molecule has 2 heterocycles. The van der Waals surface area contributed by atoms with Crippen molar-refractivity contribution in [1.29, 1.82) is 0 Å². The minimum absolute atomic E-state index is 0.228. The molecule has 134 valence electrons. The summed E-state index contributed by atoms with van der Waals surface area (Å²) in [5.41, 5.74) is 4.02. The van der Waals surface area contributed by atoms with E-state index < -0.39 is 0 Å². The molecule has 1 atom stereocenters. The summed E-state index contributed by atoms with van der Waals surface area (Å²) in [5.74, 6) is 0.648. The van der Waals surface area contributed by atoms with Gasteiger partial charge in [-0.1, -0.05) is 35.9 Å². The standard InChI is InChI=1S/C20H23N5O/c1-14-7-9-16(10-8-14)13-18(17-6-4-5-11-21-17)22-20(26)23-19-12-15(2)24-25(19)3/h4-12,18H,13H2,1-3H3,(H2,22,23,26)/t18-/m0/s1. The molecule has 26 heavy (non-hydrogen) atoms. The van der Waals surface area contributed by atoms with Gasteiger partial charge in [-0.3, -0.25) is 15.0 Å². The number of pyridine rings is 1. The number of amides is 2. The first-order valence-electron chi connectivity index (χ1n) is 8.56. The van der Waals surface area contributed by atoms with E-state index in [4.69, 9.17) is 0 Å². The van der Waals surface area contributed by atoms with Crippen LogP contribution in [-0.4, -0.2) is 20.8 Å². The van der Waals surface area contributed by atoms with Gasteiger partial charge in [0.15, 0.2) is 0 Å². The van der Waals surface area contributed by atoms with Crippen molar-refractivity contribution in [3.8, 4) is 0 Å². The second kappa shape index (κ2) is 7.82. The van der Waals surface area contributed by atoms with Crippen molar-refractivity contribution >= 4 is 11.8 Å². The Morgan fingerprint density at radius 3 is 2.54 bits per heavy atom. The molecule has 2 aromatic heterocycles. The Balaban J connectivity index is 1.76. The molecule has 0 aliphatic rings. The lowest BCUT2D eigenvalue weighted by Crippen LogP contribution is -2.34. The molecule has 0 bridgehead atoms. The molecule has 0 saturated heterocycles. The molecule has 0 aliphatic heterocycles. The van der Waals surface area contributed by atoms with Gasteiger partial charge >= 0.3 is 6.03 Å². The quantitative estimate of drug-likeness (QED) is 0.740. The van der Waals surface area contributed by atoms with Gasteiger partial charge in [-0.15, -0.1) is 0 Å². The van der Waals surface area contributed by atoms with Crippen LogP contribution in [0.3, 0.4) is 0 Å². The van der Waals surface area contributed by atoms with Gasteiger partial charge in [0.05, 0.1) is 17.4 Å². The Hall–Kier alpha value is -3.15. The summed E-state index contributed by atoms with van der Waals surface area (Å²) in [4.78, 5) is 16.9. The number of urea groups is 1. The predicted molar refractivity (Wildman–Crippen MR) is 102 cm³/mol. The van der Waals surface area contributed by atoms with E-state index in [-0.39, 0.29) is 12.1 Å². The summed E-state index contributed by atoms with van der Waals surface area (Å²) >= 11 is 0. The number of carbonyl (C=O) groups is 1. The SMILES string of the molecule is Cc1ccc(C[C@H](NC(=O)Nc2cc(C)nn2C)c2ccccn2)cc1. The van der Waals surface area contributed by atoms with Crippen molar-refractivity contribution in [2.75, 3.05) is 5.32 Å². The Labute approximate surface area is 153 Å². The lowest BCUT2D eigenvalue weighted by molar-refractivity contribution is 0.248. The summed E-state index contributed by atoms with van der Waals surface area (Å²) in [7, 11) is 1.80. The maximum absolute atomic E-state index is 12.5. The largest absolute Gasteiger partial charge is 0.329 e. The van der Waals surface area contributed by atoms with Crippen LogP contribution in [-0.2, 0) is 13.5 Å². The van der Waals surface area contributed by atoms with Crippen molar-refractivity contribution in [2.24, 2.45) is 7.05 Å². The first kappa shape index (κ1) is 17.7. The Kier molecular flexibility index (Phi) is 5.31. The van der Waals surface area contributed by atoms with Crippen LogP contribution in [0.2, 0.25) is 0 Å². The zero-order chi connectivity index (χ0) is 18.5. The summed E-state index contributed by atoms with van der Waals surface area (Å²) < 4.78 is 1.64. The second-order valence-electron chi connectivity index (χ2n) is 6.39. The maximum Gasteiger partial charge on any atom is 0.320 e. The van der Waals surface area contributed by atoms with Gasteiger partial charge in [0, 0.05) is 19.3 Å². The van der Waals surface area contributed by atoms with Crippen LogP contribution in [0.15, 0.2) is 54.7 Å². The molecule has 6 heteroatoms. The van der Waals surface area contributed by atoms with Crippen molar-refractivity contribution in [3.05, 3.63) is 77.2 Å². The van der Waals surface area contributed by atoms with Gasteiger partial charge in [0.2, 0.25) is 0 Å². The first-order valence-corrected chi connectivity index (χ1v) is 8.56. The molecule has 1 aromatic carbocycles. The van der Waals surface area contributed by atoms with Crippen molar-refractivity contribution in [1.82, 2.24) is 20.1 Å². The van der Waals surface area contributed by atoms with Crippen molar-refractivity contribution in [3.63, 3.8) is 0 Å². The molecule has 6 nitrogen and oxygen atoms in total. The van der Waals surface area contributed by atoms with Crippen molar-refractivity contribution in [2.45, 2.75) is 26.3 Å². The predicted octanol–water partition coefficient (Wildman–Crippen LogP) is 3.54. The van der Waals surface area contributed by atoms with E-state index in [9.17, 15) is 4.79 Å². The van der Waals surface area contributed by atoms with Gasteiger partial charge < -0.3 is 5.32 Å². The van der Waals surface area contributed by atoms with Crippen LogP contribution in [0.1, 0.15) is 28.6 Å². The van der Waals surface area contributed by atoms with Crippen LogP contribution >= 0.6 is 0 Å². The Bertz CT molecular complexity index is 871. The molecule has 0 saturated carbocycles. The number of nitrogens with one attached hydrogen (secondary N) is 2. The van der Waals surface area contributed by atoms with E-state index in [0.29, 0.717) is 12.2 Å². The number of carbonyl (C=O) groups excluding carboxylic acids is 1. The highest BCUT2D eigenvalue weighted by Gasteiger charge is 2.17. The number of hydrogen-bond acceptors (Lipinski definition) is 3. The van der Waals surface area contributed by atoms with Gasteiger partial charge in [-0.05, 0) is 38.0 Å². The molecule has 2 N–H and O–H groups in total. The van der Waals surface area contributed by atoms with E-state index in [1.807, 2.05) is 31.2 Å². The van der Waals surface area contributed by atoms with Crippen LogP contribution in [0.5, 0.6) is 0 Å². The number of aromatic nitrogens is 3. The summed E-state index contributed by atoms with van der Waals surface area (Å²) in [6.45, 7) is 3.94. The minimum atomic E-state index is -0.282. The zero-order valence-electron chi connectivity index (χ0n) is 15.2. The van der Waals surface area contributed by atoms with Crippen LogP contribution < -0.4 is 10.6 Å². The Morgan fingerprint density at radius 1 is 1.15 bits per heavy atom. The fraction of sp³-hybridized carbons (Fsp3) is 0.250. The van der Waals surface area contributed by atoms with E-state index >= 15 is 0 Å². The molecule has 0 unspecified atom stereocenters. The molecule has 0 aliphatic carbocycles. The Morgan fingerprint density at radius 2 is 1.92 bits per heavy atom. The van der Waals surface area contributed by atoms with Crippen molar-refractivity contribution < 1.29 is 4.79 Å². The summed E-state index contributed by atoms with van der Waals surface area (Å²) in [6, 6.07) is 15.3. The third kappa shape index (κ3) is 4.47. The van der Waals surface area contributed by atoms with Gasteiger partial charge in [0.1, 0.15) is 5.82 Å². The highest BCUT2D eigenvalue weighted by Crippen LogP contribution is 2.18. The fourth-order valence-corrected chi connectivity index (χ4v) is 2.81. The highest BCUT2D eigenvalue weighted by molar-refractivity contribution is 5.88. The minimum Gasteiger partial charge on any atom is -0.329 e. The number of rotatable bonds is 5. The van der Waals surface area contributed by atoms with E-state index in [2.05, 4.69) is 51.9 Å². The molecular formula is C20H23N5O. The molecule has 3 rings (SSSR count). The lowest BCUT2D eigenvalue weighted by Gasteiger charge is -2.19. The highest BCUT2D eigenvalue weighted by atomic mass is 16.2. The fourth-order valence-electron chi connectivity index (χ4n) is 2.81. The maximum atomic E-state index is 12.5. The third-order valence-electron chi connectivity index (χ3n) is 4.15. The monoisotopic (exact) mass is 349 g/mol. The summed E-state index contributed by atoms with van der Waals surface area (Å²) in [5, 5.41) is 10.1. The average Bonchev–Trinajstić information content (AvgIpc) is 2.94. The van der Waals surface area contributed by atoms with Crippen LogP contribution in [0.4, 0.5) is 10.6 Å². The smallest absolute Gasteiger partial charge is 0.320 e. The van der Waals surface area contributed by atoms with Gasteiger partial charge in [0.25, 0.3) is 0 Å². The second-order valence-corrected chi connectivity index (χ2v) is 6.39. The molecule has 3 aromatic rings. The van der Waals surface area contributed by atoms with Crippen LogP contribution in [0, 0.1) is 13.8 Å². The van der Waals surface area contributed by atoms with E-state index in [1.165, 1.54) is 5.56 Å². The topological polar surface area (TPSA) is 71.8 Å². The van der Waals surface area contributed by atoms with E-state index in [0.717, 1.165) is 17.0 Å². The van der Waals surface area contributed by atoms with Crippen LogP contribution in [0.25, 0.3) is 0 Å². The number of benzene rings is 1. The number of hydrogen-bond donors (Lipinski definition) is 2. The zero-order valence-corrected chi connectivity index (χ0v) is 15.2. The molecule has 0 spiro atoms. The average molecular weight is 349 g/mol.